The van der Waals surface area contributed by atoms with Crippen LogP contribution in [0.25, 0.3) is 0 Å². The first-order valence-corrected chi connectivity index (χ1v) is 9.42. The number of thioether (sulfide) groups is 1. The van der Waals surface area contributed by atoms with Crippen LogP contribution in [0, 0.1) is 0 Å². The number of hydrogen-bond donors (Lipinski definition) is 1. The number of amides is 1. The summed E-state index contributed by atoms with van der Waals surface area (Å²) in [7, 11) is 1.90. The summed E-state index contributed by atoms with van der Waals surface area (Å²) in [4.78, 5) is 33.4. The summed E-state index contributed by atoms with van der Waals surface area (Å²) in [5.41, 5.74) is 0.644. The Labute approximate surface area is 142 Å². The molecule has 1 aromatic heterocycles. The van der Waals surface area contributed by atoms with Crippen LogP contribution in [-0.4, -0.2) is 39.1 Å². The first-order chi connectivity index (χ1) is 11.0. The largest absolute Gasteiger partial charge is 0.342 e. The van der Waals surface area contributed by atoms with Gasteiger partial charge in [0.15, 0.2) is 5.16 Å². The SMILES string of the molecule is CCCc1cc(=O)[nH]c(SC(C)C(=O)N(C)C2CCCCC2)n1. The van der Waals surface area contributed by atoms with Crippen molar-refractivity contribution in [3.8, 4) is 0 Å². The van der Waals surface area contributed by atoms with Crippen molar-refractivity contribution in [2.24, 2.45) is 0 Å². The molecule has 128 valence electrons. The van der Waals surface area contributed by atoms with Gasteiger partial charge in [0.1, 0.15) is 0 Å². The second kappa shape index (κ2) is 8.52. The molecule has 5 nitrogen and oxygen atoms in total. The van der Waals surface area contributed by atoms with Crippen molar-refractivity contribution in [1.82, 2.24) is 14.9 Å². The van der Waals surface area contributed by atoms with Gasteiger partial charge >= 0.3 is 0 Å². The number of carbonyl (C=O) groups excluding carboxylic acids is 1. The van der Waals surface area contributed by atoms with Gasteiger partial charge in [0.05, 0.1) is 5.25 Å². The van der Waals surface area contributed by atoms with Gasteiger partial charge in [0.2, 0.25) is 5.91 Å². The van der Waals surface area contributed by atoms with Crippen LogP contribution in [0.1, 0.15) is 58.1 Å². The van der Waals surface area contributed by atoms with Crippen LogP contribution in [0.3, 0.4) is 0 Å². The van der Waals surface area contributed by atoms with E-state index in [2.05, 4.69) is 16.9 Å². The van der Waals surface area contributed by atoms with Crippen molar-refractivity contribution >= 4 is 17.7 Å². The number of nitrogens with one attached hydrogen (secondary N) is 1. The molecule has 1 fully saturated rings. The molecular formula is C17H27N3O2S. The van der Waals surface area contributed by atoms with Crippen molar-refractivity contribution in [1.29, 1.82) is 0 Å². The first-order valence-electron chi connectivity index (χ1n) is 8.54. The molecule has 0 spiro atoms. The summed E-state index contributed by atoms with van der Waals surface area (Å²) in [5, 5.41) is 0.292. The summed E-state index contributed by atoms with van der Waals surface area (Å²) in [6.07, 6.45) is 7.61. The van der Waals surface area contributed by atoms with Crippen molar-refractivity contribution in [3.63, 3.8) is 0 Å². The molecule has 2 rings (SSSR count). The Hall–Kier alpha value is -1.30. The third-order valence-corrected chi connectivity index (χ3v) is 5.36. The lowest BCUT2D eigenvalue weighted by atomic mass is 9.94. The molecule has 6 heteroatoms. The van der Waals surface area contributed by atoms with E-state index < -0.39 is 0 Å². The molecule has 1 aliphatic rings. The average molecular weight is 337 g/mol. The highest BCUT2D eigenvalue weighted by atomic mass is 32.2. The van der Waals surface area contributed by atoms with Gasteiger partial charge in [0.25, 0.3) is 5.56 Å². The smallest absolute Gasteiger partial charge is 0.251 e. The monoisotopic (exact) mass is 337 g/mol. The van der Waals surface area contributed by atoms with Gasteiger partial charge in [0, 0.05) is 24.8 Å². The summed E-state index contributed by atoms with van der Waals surface area (Å²) >= 11 is 1.34. The topological polar surface area (TPSA) is 66.1 Å². The van der Waals surface area contributed by atoms with Crippen LogP contribution in [0.15, 0.2) is 16.0 Å². The normalized spacial score (nSPS) is 17.0. The van der Waals surface area contributed by atoms with Gasteiger partial charge in [-0.15, -0.1) is 0 Å². The zero-order valence-electron chi connectivity index (χ0n) is 14.3. The minimum Gasteiger partial charge on any atom is -0.342 e. The lowest BCUT2D eigenvalue weighted by Crippen LogP contribution is -2.42. The molecule has 1 heterocycles. The van der Waals surface area contributed by atoms with Crippen LogP contribution in [0.4, 0.5) is 0 Å². The number of aromatic amines is 1. The summed E-state index contributed by atoms with van der Waals surface area (Å²) < 4.78 is 0. The van der Waals surface area contributed by atoms with Gasteiger partial charge in [-0.2, -0.15) is 0 Å². The molecule has 1 amide bonds. The van der Waals surface area contributed by atoms with Crippen molar-refractivity contribution in [3.05, 3.63) is 22.1 Å². The summed E-state index contributed by atoms with van der Waals surface area (Å²) in [5.74, 6) is 0.116. The minimum atomic E-state index is -0.248. The molecule has 1 aromatic rings. The Kier molecular flexibility index (Phi) is 6.69. The fraction of sp³-hybridized carbons (Fsp3) is 0.706. The van der Waals surface area contributed by atoms with E-state index in [0.29, 0.717) is 11.2 Å². The van der Waals surface area contributed by atoms with Gasteiger partial charge in [-0.25, -0.2) is 4.98 Å². The zero-order valence-corrected chi connectivity index (χ0v) is 15.1. The third kappa shape index (κ3) is 5.09. The predicted octanol–water partition coefficient (Wildman–Crippen LogP) is 2.99. The molecule has 0 aliphatic heterocycles. The van der Waals surface area contributed by atoms with Crippen molar-refractivity contribution in [2.75, 3.05) is 7.05 Å². The number of rotatable bonds is 6. The Balaban J connectivity index is 2.01. The van der Waals surface area contributed by atoms with Crippen molar-refractivity contribution in [2.45, 2.75) is 75.2 Å². The Morgan fingerprint density at radius 3 is 2.78 bits per heavy atom. The van der Waals surface area contributed by atoms with E-state index in [1.54, 1.807) is 0 Å². The zero-order chi connectivity index (χ0) is 16.8. The number of hydrogen-bond acceptors (Lipinski definition) is 4. The van der Waals surface area contributed by atoms with Gasteiger partial charge in [-0.05, 0) is 26.2 Å². The van der Waals surface area contributed by atoms with Crippen LogP contribution < -0.4 is 5.56 Å². The average Bonchev–Trinajstić information content (AvgIpc) is 2.54. The lowest BCUT2D eigenvalue weighted by Gasteiger charge is -2.32. The van der Waals surface area contributed by atoms with Crippen molar-refractivity contribution < 1.29 is 4.79 Å². The van der Waals surface area contributed by atoms with E-state index in [1.165, 1.54) is 37.1 Å². The highest BCUT2D eigenvalue weighted by Gasteiger charge is 2.26. The number of aryl methyl sites for hydroxylation is 1. The maximum atomic E-state index is 12.6. The van der Waals surface area contributed by atoms with Crippen LogP contribution in [0.2, 0.25) is 0 Å². The Morgan fingerprint density at radius 1 is 1.43 bits per heavy atom. The fourth-order valence-corrected chi connectivity index (χ4v) is 4.01. The first kappa shape index (κ1) is 18.0. The molecule has 1 N–H and O–H groups in total. The van der Waals surface area contributed by atoms with E-state index in [1.807, 2.05) is 18.9 Å². The molecular weight excluding hydrogens is 310 g/mol. The van der Waals surface area contributed by atoms with Gasteiger partial charge in [-0.1, -0.05) is 44.4 Å². The standard InChI is InChI=1S/C17H27N3O2S/c1-4-8-13-11-15(21)19-17(18-13)23-12(2)16(22)20(3)14-9-6-5-7-10-14/h11-12,14H,4-10H2,1-3H3,(H,18,19,21). The lowest BCUT2D eigenvalue weighted by molar-refractivity contribution is -0.131. The van der Waals surface area contributed by atoms with Crippen LogP contribution >= 0.6 is 11.8 Å². The number of nitrogens with zero attached hydrogens (tertiary/aromatic N) is 2. The third-order valence-electron chi connectivity index (χ3n) is 4.39. The maximum Gasteiger partial charge on any atom is 0.251 e. The van der Waals surface area contributed by atoms with Gasteiger partial charge < -0.3 is 9.88 Å². The molecule has 1 atom stereocenters. The highest BCUT2D eigenvalue weighted by molar-refractivity contribution is 8.00. The molecule has 1 saturated carbocycles. The molecule has 0 aromatic carbocycles. The summed E-state index contributed by atoms with van der Waals surface area (Å²) in [6, 6.07) is 1.89. The number of aromatic nitrogens is 2. The number of H-pyrrole nitrogens is 1. The minimum absolute atomic E-state index is 0.116. The van der Waals surface area contributed by atoms with Crippen LogP contribution in [-0.2, 0) is 11.2 Å². The molecule has 0 radical (unpaired) electrons. The maximum absolute atomic E-state index is 12.6. The molecule has 0 bridgehead atoms. The van der Waals surface area contributed by atoms with Gasteiger partial charge in [-0.3, -0.25) is 9.59 Å². The highest BCUT2D eigenvalue weighted by Crippen LogP contribution is 2.25. The second-order valence-corrected chi connectivity index (χ2v) is 7.62. The molecule has 0 saturated heterocycles. The Bertz CT molecular complexity index is 581. The summed E-state index contributed by atoms with van der Waals surface area (Å²) in [6.45, 7) is 3.94. The second-order valence-electron chi connectivity index (χ2n) is 6.29. The quantitative estimate of drug-likeness (QED) is 0.640. The van der Waals surface area contributed by atoms with E-state index in [9.17, 15) is 9.59 Å². The molecule has 23 heavy (non-hydrogen) atoms. The Morgan fingerprint density at radius 2 is 2.13 bits per heavy atom. The molecule has 1 aliphatic carbocycles. The van der Waals surface area contributed by atoms with E-state index in [0.717, 1.165) is 31.4 Å². The fourth-order valence-electron chi connectivity index (χ4n) is 3.08. The number of carbonyl (C=O) groups is 1. The van der Waals surface area contributed by atoms with E-state index >= 15 is 0 Å². The van der Waals surface area contributed by atoms with Crippen LogP contribution in [0.5, 0.6) is 0 Å². The van der Waals surface area contributed by atoms with E-state index in [-0.39, 0.29) is 16.7 Å². The van der Waals surface area contributed by atoms with E-state index in [4.69, 9.17) is 0 Å². The molecule has 1 unspecified atom stereocenters. The predicted molar refractivity (Wildman–Crippen MR) is 93.8 cm³/mol.